The summed E-state index contributed by atoms with van der Waals surface area (Å²) in [6.07, 6.45) is 0.663. The molecule has 2 rings (SSSR count). The summed E-state index contributed by atoms with van der Waals surface area (Å²) >= 11 is 0. The van der Waals surface area contributed by atoms with Gasteiger partial charge in [-0.05, 0) is 38.1 Å². The van der Waals surface area contributed by atoms with Crippen molar-refractivity contribution in [1.82, 2.24) is 0 Å². The van der Waals surface area contributed by atoms with Crippen LogP contribution in [0.15, 0.2) is 30.3 Å². The van der Waals surface area contributed by atoms with Crippen LogP contribution in [-0.2, 0) is 0 Å². The van der Waals surface area contributed by atoms with E-state index in [9.17, 15) is 13.6 Å². The topological polar surface area (TPSA) is 35.5 Å². The monoisotopic (exact) mass is 306 g/mol. The molecule has 0 aliphatic rings. The van der Waals surface area contributed by atoms with Crippen molar-refractivity contribution in [3.8, 4) is 22.6 Å². The minimum atomic E-state index is -0.722. The molecule has 0 aliphatic carbocycles. The third-order valence-electron chi connectivity index (χ3n) is 3.02. The van der Waals surface area contributed by atoms with Crippen molar-refractivity contribution in [2.45, 2.75) is 13.8 Å². The van der Waals surface area contributed by atoms with Gasteiger partial charge in [0.2, 0.25) is 0 Å². The first-order chi connectivity index (χ1) is 10.6. The van der Waals surface area contributed by atoms with Crippen LogP contribution in [0.1, 0.15) is 24.2 Å². The Labute approximate surface area is 127 Å². The predicted octanol–water partition coefficient (Wildman–Crippen LogP) is 4.24. The maximum absolute atomic E-state index is 14.1. The number of rotatable bonds is 6. The van der Waals surface area contributed by atoms with Crippen molar-refractivity contribution in [3.05, 3.63) is 47.5 Å². The molecule has 0 saturated carbocycles. The molecule has 0 radical (unpaired) electrons. The van der Waals surface area contributed by atoms with Crippen LogP contribution in [0, 0.1) is 11.6 Å². The molecule has 0 amide bonds. The Hall–Kier alpha value is -2.43. The first-order valence-corrected chi connectivity index (χ1v) is 6.94. The fourth-order valence-electron chi connectivity index (χ4n) is 2.17. The Bertz CT molecular complexity index is 657. The molecule has 0 fully saturated rings. The highest BCUT2D eigenvalue weighted by Crippen LogP contribution is 2.41. The lowest BCUT2D eigenvalue weighted by Crippen LogP contribution is -2.02. The second kappa shape index (κ2) is 7.02. The molecular weight excluding hydrogens is 290 g/mol. The summed E-state index contributed by atoms with van der Waals surface area (Å²) in [6.45, 7) is 4.23. The summed E-state index contributed by atoms with van der Waals surface area (Å²) in [4.78, 5) is 11.0. The number of ether oxygens (including phenoxy) is 2. The SMILES string of the molecule is CCOc1cc(C=O)cc(OCC)c1-c1ccc(F)cc1F. The zero-order chi connectivity index (χ0) is 16.1. The second-order valence-electron chi connectivity index (χ2n) is 4.50. The number of hydrogen-bond acceptors (Lipinski definition) is 3. The normalized spacial score (nSPS) is 10.4. The van der Waals surface area contributed by atoms with E-state index in [1.54, 1.807) is 13.8 Å². The molecule has 2 aromatic carbocycles. The Morgan fingerprint density at radius 3 is 2.05 bits per heavy atom. The molecule has 116 valence electrons. The van der Waals surface area contributed by atoms with Crippen molar-refractivity contribution in [2.24, 2.45) is 0 Å². The van der Waals surface area contributed by atoms with E-state index in [-0.39, 0.29) is 5.56 Å². The van der Waals surface area contributed by atoms with Crippen LogP contribution in [0.2, 0.25) is 0 Å². The summed E-state index contributed by atoms with van der Waals surface area (Å²) in [5.74, 6) is -0.746. The van der Waals surface area contributed by atoms with Crippen LogP contribution in [0.3, 0.4) is 0 Å². The van der Waals surface area contributed by atoms with E-state index in [1.165, 1.54) is 18.2 Å². The van der Waals surface area contributed by atoms with E-state index in [0.29, 0.717) is 42.1 Å². The largest absolute Gasteiger partial charge is 0.493 e. The highest BCUT2D eigenvalue weighted by molar-refractivity contribution is 5.84. The molecule has 5 heteroatoms. The van der Waals surface area contributed by atoms with Crippen molar-refractivity contribution in [3.63, 3.8) is 0 Å². The van der Waals surface area contributed by atoms with Crippen LogP contribution in [0.5, 0.6) is 11.5 Å². The van der Waals surface area contributed by atoms with Crippen LogP contribution >= 0.6 is 0 Å². The van der Waals surface area contributed by atoms with Gasteiger partial charge < -0.3 is 9.47 Å². The highest BCUT2D eigenvalue weighted by atomic mass is 19.1. The zero-order valence-electron chi connectivity index (χ0n) is 12.4. The van der Waals surface area contributed by atoms with Crippen LogP contribution < -0.4 is 9.47 Å². The van der Waals surface area contributed by atoms with Crippen molar-refractivity contribution in [2.75, 3.05) is 13.2 Å². The number of aldehydes is 1. The fourth-order valence-corrected chi connectivity index (χ4v) is 2.17. The smallest absolute Gasteiger partial charge is 0.150 e. The molecule has 0 N–H and O–H groups in total. The van der Waals surface area contributed by atoms with Crippen LogP contribution in [-0.4, -0.2) is 19.5 Å². The van der Waals surface area contributed by atoms with Crippen molar-refractivity contribution < 1.29 is 23.0 Å². The van der Waals surface area contributed by atoms with Gasteiger partial charge >= 0.3 is 0 Å². The quantitative estimate of drug-likeness (QED) is 0.749. The Balaban J connectivity index is 2.71. The van der Waals surface area contributed by atoms with Gasteiger partial charge in [-0.15, -0.1) is 0 Å². The Morgan fingerprint density at radius 2 is 1.59 bits per heavy atom. The molecule has 0 atom stereocenters. The maximum atomic E-state index is 14.1. The van der Waals surface area contributed by atoms with Crippen LogP contribution in [0.4, 0.5) is 8.78 Å². The average Bonchev–Trinajstić information content (AvgIpc) is 2.49. The molecule has 0 saturated heterocycles. The van der Waals surface area contributed by atoms with E-state index in [1.807, 2.05) is 0 Å². The summed E-state index contributed by atoms with van der Waals surface area (Å²) in [5.41, 5.74) is 0.885. The van der Waals surface area contributed by atoms with Gasteiger partial charge in [-0.2, -0.15) is 0 Å². The van der Waals surface area contributed by atoms with E-state index >= 15 is 0 Å². The molecule has 22 heavy (non-hydrogen) atoms. The van der Waals surface area contributed by atoms with Gasteiger partial charge in [0.25, 0.3) is 0 Å². The molecular formula is C17H16F2O3. The van der Waals surface area contributed by atoms with E-state index in [0.717, 1.165) is 12.1 Å². The maximum Gasteiger partial charge on any atom is 0.150 e. The molecule has 0 aliphatic heterocycles. The summed E-state index contributed by atoms with van der Waals surface area (Å²) < 4.78 is 38.3. The first-order valence-electron chi connectivity index (χ1n) is 6.94. The predicted molar refractivity (Wildman–Crippen MR) is 79.5 cm³/mol. The third kappa shape index (κ3) is 3.24. The number of benzene rings is 2. The van der Waals surface area contributed by atoms with Gasteiger partial charge in [0.05, 0.1) is 18.8 Å². The minimum Gasteiger partial charge on any atom is -0.493 e. The summed E-state index contributed by atoms with van der Waals surface area (Å²) in [7, 11) is 0. The number of hydrogen-bond donors (Lipinski definition) is 0. The van der Waals surface area contributed by atoms with Crippen molar-refractivity contribution in [1.29, 1.82) is 0 Å². The van der Waals surface area contributed by atoms with E-state index < -0.39 is 11.6 Å². The van der Waals surface area contributed by atoms with Gasteiger partial charge in [-0.1, -0.05) is 0 Å². The van der Waals surface area contributed by atoms with Crippen molar-refractivity contribution >= 4 is 6.29 Å². The lowest BCUT2D eigenvalue weighted by atomic mass is 10.0. The van der Waals surface area contributed by atoms with Gasteiger partial charge in [0.15, 0.2) is 0 Å². The molecule has 0 unspecified atom stereocenters. The minimum absolute atomic E-state index is 0.158. The van der Waals surface area contributed by atoms with Gasteiger partial charge in [-0.25, -0.2) is 8.78 Å². The van der Waals surface area contributed by atoms with Gasteiger partial charge in [0.1, 0.15) is 29.4 Å². The summed E-state index contributed by atoms with van der Waals surface area (Å²) in [6, 6.07) is 6.31. The molecule has 0 bridgehead atoms. The molecule has 0 heterocycles. The third-order valence-corrected chi connectivity index (χ3v) is 3.02. The molecule has 0 aromatic heterocycles. The van der Waals surface area contributed by atoms with E-state index in [4.69, 9.17) is 9.47 Å². The Kier molecular flexibility index (Phi) is 5.09. The Morgan fingerprint density at radius 1 is 1.00 bits per heavy atom. The zero-order valence-corrected chi connectivity index (χ0v) is 12.4. The van der Waals surface area contributed by atoms with Crippen LogP contribution in [0.25, 0.3) is 11.1 Å². The number of carbonyl (C=O) groups excluding carboxylic acids is 1. The number of carbonyl (C=O) groups is 1. The fraction of sp³-hybridized carbons (Fsp3) is 0.235. The first kappa shape index (κ1) is 15.9. The molecule has 0 spiro atoms. The average molecular weight is 306 g/mol. The standard InChI is InChI=1S/C17H16F2O3/c1-3-21-15-7-11(10-20)8-16(22-4-2)17(15)13-6-5-12(18)9-14(13)19/h5-10H,3-4H2,1-2H3. The lowest BCUT2D eigenvalue weighted by Gasteiger charge is -2.17. The molecule has 3 nitrogen and oxygen atoms in total. The lowest BCUT2D eigenvalue weighted by molar-refractivity contribution is 0.112. The summed E-state index contributed by atoms with van der Waals surface area (Å²) in [5, 5.41) is 0. The van der Waals surface area contributed by atoms with Gasteiger partial charge in [-0.3, -0.25) is 4.79 Å². The second-order valence-corrected chi connectivity index (χ2v) is 4.50. The highest BCUT2D eigenvalue weighted by Gasteiger charge is 2.19. The van der Waals surface area contributed by atoms with Gasteiger partial charge in [0, 0.05) is 17.2 Å². The molecule has 2 aromatic rings. The van der Waals surface area contributed by atoms with E-state index in [2.05, 4.69) is 0 Å². The number of halogens is 2.